The van der Waals surface area contributed by atoms with Crippen LogP contribution in [0.4, 0.5) is 5.69 Å². The summed E-state index contributed by atoms with van der Waals surface area (Å²) in [6.45, 7) is 8.87. The van der Waals surface area contributed by atoms with Crippen molar-refractivity contribution in [1.29, 1.82) is 0 Å². The van der Waals surface area contributed by atoms with Gasteiger partial charge in [-0.25, -0.2) is 0 Å². The van der Waals surface area contributed by atoms with Crippen molar-refractivity contribution < 1.29 is 19.4 Å². The Morgan fingerprint density at radius 3 is 2.30 bits per heavy atom. The molecule has 1 atom stereocenters. The molecule has 37 heavy (non-hydrogen) atoms. The lowest BCUT2D eigenvalue weighted by Gasteiger charge is -2.27. The zero-order valence-electron chi connectivity index (χ0n) is 21.2. The summed E-state index contributed by atoms with van der Waals surface area (Å²) in [4.78, 5) is 28.3. The van der Waals surface area contributed by atoms with Crippen molar-refractivity contribution in [2.75, 3.05) is 11.5 Å². The standard InChI is InChI=1S/C30H29Cl2NO4/c1-5-15-37-22-8-6-7-21(17-22)33-26(18-9-12-20(13-10-18)30(2,3)4)25(28(35)29(33)36)27(34)19-11-14-23(31)24(32)16-19/h6-14,16-17,26,34H,5,15H2,1-4H3/b27-25+. The molecule has 1 saturated heterocycles. The van der Waals surface area contributed by atoms with Crippen molar-refractivity contribution in [3.8, 4) is 5.75 Å². The van der Waals surface area contributed by atoms with Crippen molar-refractivity contribution >= 4 is 46.3 Å². The maximum atomic E-state index is 13.5. The molecule has 0 aliphatic carbocycles. The van der Waals surface area contributed by atoms with E-state index in [2.05, 4.69) is 20.8 Å². The Labute approximate surface area is 227 Å². The number of hydrogen-bond acceptors (Lipinski definition) is 4. The number of amides is 1. The summed E-state index contributed by atoms with van der Waals surface area (Å²) in [5.74, 6) is -1.25. The van der Waals surface area contributed by atoms with Gasteiger partial charge in [0.25, 0.3) is 11.7 Å². The number of anilines is 1. The number of ketones is 1. The Hall–Kier alpha value is -3.28. The second kappa shape index (κ2) is 10.6. The Kier molecular flexibility index (Phi) is 7.67. The van der Waals surface area contributed by atoms with E-state index in [4.69, 9.17) is 27.9 Å². The molecule has 1 aliphatic rings. The first-order valence-electron chi connectivity index (χ1n) is 12.1. The van der Waals surface area contributed by atoms with Crippen LogP contribution in [0.5, 0.6) is 5.75 Å². The zero-order chi connectivity index (χ0) is 26.9. The summed E-state index contributed by atoms with van der Waals surface area (Å²) in [5.41, 5.74) is 2.48. The van der Waals surface area contributed by atoms with Gasteiger partial charge in [0, 0.05) is 17.3 Å². The molecule has 1 heterocycles. The first-order chi connectivity index (χ1) is 17.5. The molecule has 5 nitrogen and oxygen atoms in total. The van der Waals surface area contributed by atoms with Gasteiger partial charge in [-0.15, -0.1) is 0 Å². The van der Waals surface area contributed by atoms with Gasteiger partial charge in [-0.1, -0.05) is 81.2 Å². The number of halogens is 2. The quantitative estimate of drug-likeness (QED) is 0.198. The first kappa shape index (κ1) is 26.8. The largest absolute Gasteiger partial charge is 0.507 e. The van der Waals surface area contributed by atoms with Crippen LogP contribution in [-0.2, 0) is 15.0 Å². The second-order valence-electron chi connectivity index (χ2n) is 10.0. The van der Waals surface area contributed by atoms with Crippen molar-refractivity contribution in [1.82, 2.24) is 0 Å². The maximum absolute atomic E-state index is 13.5. The number of ether oxygens (including phenoxy) is 1. The SMILES string of the molecule is CCCOc1cccc(N2C(=O)C(=O)/C(=C(/O)c3ccc(Cl)c(Cl)c3)C2c2ccc(C(C)(C)C)cc2)c1. The Morgan fingerprint density at radius 1 is 0.973 bits per heavy atom. The van der Waals surface area contributed by atoms with E-state index in [9.17, 15) is 14.7 Å². The summed E-state index contributed by atoms with van der Waals surface area (Å²) in [7, 11) is 0. The molecule has 1 amide bonds. The molecule has 0 radical (unpaired) electrons. The summed E-state index contributed by atoms with van der Waals surface area (Å²) in [6, 6.07) is 18.5. The van der Waals surface area contributed by atoms with Crippen LogP contribution in [0.15, 0.2) is 72.3 Å². The van der Waals surface area contributed by atoms with Gasteiger partial charge in [0.05, 0.1) is 28.3 Å². The van der Waals surface area contributed by atoms with Crippen LogP contribution in [0.25, 0.3) is 5.76 Å². The topological polar surface area (TPSA) is 66.8 Å². The van der Waals surface area contributed by atoms with Crippen LogP contribution < -0.4 is 9.64 Å². The number of carbonyl (C=O) groups is 2. The number of rotatable bonds is 6. The average molecular weight is 538 g/mol. The summed E-state index contributed by atoms with van der Waals surface area (Å²) >= 11 is 12.2. The van der Waals surface area contributed by atoms with Crippen LogP contribution in [0.2, 0.25) is 10.0 Å². The van der Waals surface area contributed by atoms with Gasteiger partial charge in [0.2, 0.25) is 0 Å². The molecule has 192 valence electrons. The smallest absolute Gasteiger partial charge is 0.300 e. The molecular weight excluding hydrogens is 509 g/mol. The highest BCUT2D eigenvalue weighted by atomic mass is 35.5. The van der Waals surface area contributed by atoms with E-state index in [0.29, 0.717) is 34.2 Å². The Balaban J connectivity index is 1.90. The fourth-order valence-corrected chi connectivity index (χ4v) is 4.62. The molecule has 1 fully saturated rings. The first-order valence-corrected chi connectivity index (χ1v) is 12.9. The highest BCUT2D eigenvalue weighted by Crippen LogP contribution is 2.43. The van der Waals surface area contributed by atoms with E-state index in [1.165, 1.54) is 17.0 Å². The van der Waals surface area contributed by atoms with E-state index in [1.807, 2.05) is 31.2 Å². The minimum atomic E-state index is -0.857. The third kappa shape index (κ3) is 5.39. The molecule has 0 aromatic heterocycles. The van der Waals surface area contributed by atoms with Crippen LogP contribution in [0.1, 0.15) is 56.8 Å². The molecule has 1 unspecified atom stereocenters. The molecule has 4 rings (SSSR count). The van der Waals surface area contributed by atoms with Gasteiger partial charge in [-0.05, 0) is 53.3 Å². The lowest BCUT2D eigenvalue weighted by Crippen LogP contribution is -2.29. The van der Waals surface area contributed by atoms with Crippen molar-refractivity contribution in [2.45, 2.75) is 45.6 Å². The monoisotopic (exact) mass is 537 g/mol. The summed E-state index contributed by atoms with van der Waals surface area (Å²) in [6.07, 6.45) is 0.832. The van der Waals surface area contributed by atoms with Gasteiger partial charge >= 0.3 is 0 Å². The van der Waals surface area contributed by atoms with Crippen molar-refractivity contribution in [3.05, 3.63) is 99.0 Å². The summed E-state index contributed by atoms with van der Waals surface area (Å²) in [5, 5.41) is 11.9. The number of carbonyl (C=O) groups excluding carboxylic acids is 2. The lowest BCUT2D eigenvalue weighted by molar-refractivity contribution is -0.132. The van der Waals surface area contributed by atoms with E-state index in [1.54, 1.807) is 30.3 Å². The van der Waals surface area contributed by atoms with E-state index < -0.39 is 17.7 Å². The van der Waals surface area contributed by atoms with E-state index >= 15 is 0 Å². The number of nitrogens with zero attached hydrogens (tertiary/aromatic N) is 1. The average Bonchev–Trinajstić information content (AvgIpc) is 3.14. The highest BCUT2D eigenvalue weighted by Gasteiger charge is 2.47. The molecule has 3 aromatic carbocycles. The lowest BCUT2D eigenvalue weighted by atomic mass is 9.85. The maximum Gasteiger partial charge on any atom is 0.300 e. The van der Waals surface area contributed by atoms with E-state index in [-0.39, 0.29) is 21.8 Å². The summed E-state index contributed by atoms with van der Waals surface area (Å²) < 4.78 is 5.77. The minimum absolute atomic E-state index is 0.0215. The predicted octanol–water partition coefficient (Wildman–Crippen LogP) is 7.71. The Morgan fingerprint density at radius 2 is 1.68 bits per heavy atom. The van der Waals surface area contributed by atoms with Crippen LogP contribution in [-0.4, -0.2) is 23.4 Å². The number of benzene rings is 3. The second-order valence-corrected chi connectivity index (χ2v) is 10.8. The van der Waals surface area contributed by atoms with Crippen molar-refractivity contribution in [3.63, 3.8) is 0 Å². The number of Topliss-reactive ketones (excluding diaryl/α,β-unsaturated/α-hetero) is 1. The van der Waals surface area contributed by atoms with E-state index in [0.717, 1.165) is 12.0 Å². The highest BCUT2D eigenvalue weighted by molar-refractivity contribution is 6.51. The van der Waals surface area contributed by atoms with Gasteiger partial charge < -0.3 is 9.84 Å². The third-order valence-corrected chi connectivity index (χ3v) is 7.04. The molecule has 0 bridgehead atoms. The molecule has 0 saturated carbocycles. The fourth-order valence-electron chi connectivity index (χ4n) is 4.32. The van der Waals surface area contributed by atoms with Crippen LogP contribution in [0.3, 0.4) is 0 Å². The fraction of sp³-hybridized carbons (Fsp3) is 0.267. The van der Waals surface area contributed by atoms with Crippen LogP contribution in [0, 0.1) is 0 Å². The molecule has 0 spiro atoms. The molecule has 1 N–H and O–H groups in total. The predicted molar refractivity (Wildman–Crippen MR) is 149 cm³/mol. The molecule has 7 heteroatoms. The Bertz CT molecular complexity index is 1370. The molecular formula is C30H29Cl2NO4. The number of hydrogen-bond donors (Lipinski definition) is 1. The zero-order valence-corrected chi connectivity index (χ0v) is 22.7. The number of aliphatic hydroxyl groups excluding tert-OH is 1. The van der Waals surface area contributed by atoms with Gasteiger partial charge in [0.1, 0.15) is 11.5 Å². The molecule has 1 aliphatic heterocycles. The molecule has 3 aromatic rings. The van der Waals surface area contributed by atoms with Gasteiger partial charge in [0.15, 0.2) is 0 Å². The van der Waals surface area contributed by atoms with Crippen LogP contribution >= 0.6 is 23.2 Å². The van der Waals surface area contributed by atoms with Crippen molar-refractivity contribution in [2.24, 2.45) is 0 Å². The normalized spacial score (nSPS) is 17.4. The number of aliphatic hydroxyl groups is 1. The third-order valence-electron chi connectivity index (χ3n) is 6.30. The van der Waals surface area contributed by atoms with Gasteiger partial charge in [-0.2, -0.15) is 0 Å². The van der Waals surface area contributed by atoms with Gasteiger partial charge in [-0.3, -0.25) is 14.5 Å². The minimum Gasteiger partial charge on any atom is -0.507 e.